The van der Waals surface area contributed by atoms with E-state index in [0.717, 1.165) is 17.1 Å². The third-order valence-electron chi connectivity index (χ3n) is 5.42. The molecule has 0 saturated heterocycles. The molecule has 1 amide bonds. The van der Waals surface area contributed by atoms with Crippen molar-refractivity contribution in [1.29, 1.82) is 0 Å². The molecule has 3 aromatic heterocycles. The van der Waals surface area contributed by atoms with Crippen LogP contribution in [0, 0.1) is 0 Å². The fraction of sp³-hybridized carbons (Fsp3) is 0.217. The Bertz CT molecular complexity index is 1340. The molecule has 0 saturated carbocycles. The second-order valence-corrected chi connectivity index (χ2v) is 7.76. The number of ether oxygens (including phenoxy) is 1. The third kappa shape index (κ3) is 3.86. The first kappa shape index (κ1) is 20.6. The smallest absolute Gasteiger partial charge is 0.257 e. The molecule has 0 fully saturated rings. The first-order chi connectivity index (χ1) is 16.0. The van der Waals surface area contributed by atoms with Crippen molar-refractivity contribution in [2.45, 2.75) is 13.0 Å². The van der Waals surface area contributed by atoms with Gasteiger partial charge in [-0.3, -0.25) is 14.8 Å². The van der Waals surface area contributed by atoms with Crippen molar-refractivity contribution in [3.8, 4) is 17.1 Å². The van der Waals surface area contributed by atoms with Crippen LogP contribution in [0.5, 0.6) is 5.75 Å². The van der Waals surface area contributed by atoms with E-state index in [1.807, 2.05) is 42.5 Å². The highest BCUT2D eigenvalue weighted by molar-refractivity contribution is 6.03. The summed E-state index contributed by atoms with van der Waals surface area (Å²) >= 11 is 0. The van der Waals surface area contributed by atoms with Gasteiger partial charge in [0, 0.05) is 31.1 Å². The lowest BCUT2D eigenvalue weighted by molar-refractivity contribution is 0.0817. The lowest BCUT2D eigenvalue weighted by Crippen LogP contribution is -2.18. The average molecular weight is 442 g/mol. The van der Waals surface area contributed by atoms with Gasteiger partial charge in [-0.2, -0.15) is 4.80 Å². The van der Waals surface area contributed by atoms with Crippen LogP contribution in [0.2, 0.25) is 0 Å². The first-order valence-electron chi connectivity index (χ1n) is 10.4. The molecule has 1 aliphatic heterocycles. The number of tetrazole rings is 1. The largest absolute Gasteiger partial charge is 0.494 e. The molecule has 4 aromatic rings. The van der Waals surface area contributed by atoms with Crippen molar-refractivity contribution in [2.75, 3.05) is 19.5 Å². The number of rotatable bonds is 6. The number of fused-ring (bicyclic) bond motifs is 1. The van der Waals surface area contributed by atoms with Gasteiger partial charge in [-0.1, -0.05) is 12.1 Å². The monoisotopic (exact) mass is 442 g/mol. The zero-order valence-corrected chi connectivity index (χ0v) is 18.5. The van der Waals surface area contributed by atoms with Crippen molar-refractivity contribution >= 4 is 17.3 Å². The molecule has 1 aliphatic rings. The molecule has 4 heterocycles. The molecule has 1 N–H and O–H groups in total. The van der Waals surface area contributed by atoms with Crippen molar-refractivity contribution < 1.29 is 9.53 Å². The Morgan fingerprint density at radius 3 is 2.70 bits per heavy atom. The number of nitrogens with one attached hydrogen (secondary N) is 1. The number of aromatic nitrogens is 6. The maximum atomic E-state index is 12.9. The van der Waals surface area contributed by atoms with E-state index in [9.17, 15) is 4.79 Å². The Labute approximate surface area is 190 Å². The highest BCUT2D eigenvalue weighted by Crippen LogP contribution is 2.38. The van der Waals surface area contributed by atoms with E-state index in [0.29, 0.717) is 47.0 Å². The molecule has 1 aromatic carbocycles. The van der Waals surface area contributed by atoms with E-state index in [4.69, 9.17) is 9.72 Å². The van der Waals surface area contributed by atoms with Gasteiger partial charge in [-0.05, 0) is 35.5 Å². The molecule has 10 heteroatoms. The number of nitrogens with zero attached hydrogens (tertiary/aromatic N) is 7. The summed E-state index contributed by atoms with van der Waals surface area (Å²) in [5, 5.41) is 15.7. The van der Waals surface area contributed by atoms with Gasteiger partial charge in [-0.25, -0.2) is 0 Å². The molecule has 166 valence electrons. The van der Waals surface area contributed by atoms with E-state index < -0.39 is 0 Å². The number of methoxy groups -OCH3 is 1. The summed E-state index contributed by atoms with van der Waals surface area (Å²) in [6, 6.07) is 13.3. The maximum absolute atomic E-state index is 12.9. The summed E-state index contributed by atoms with van der Waals surface area (Å²) in [6.07, 6.45) is 2.32. The van der Waals surface area contributed by atoms with Crippen molar-refractivity contribution in [2.24, 2.45) is 7.05 Å². The van der Waals surface area contributed by atoms with Crippen LogP contribution >= 0.6 is 0 Å². The Hall–Kier alpha value is -4.34. The van der Waals surface area contributed by atoms with Crippen molar-refractivity contribution in [3.05, 3.63) is 71.3 Å². The Kier molecular flexibility index (Phi) is 5.17. The Morgan fingerprint density at radius 2 is 1.97 bits per heavy atom. The van der Waals surface area contributed by atoms with E-state index in [1.54, 1.807) is 32.3 Å². The van der Waals surface area contributed by atoms with Crippen LogP contribution in [0.15, 0.2) is 48.7 Å². The number of benzene rings is 1. The highest BCUT2D eigenvalue weighted by Gasteiger charge is 2.30. The van der Waals surface area contributed by atoms with E-state index in [1.165, 1.54) is 4.80 Å². The fourth-order valence-electron chi connectivity index (χ4n) is 3.94. The second kappa shape index (κ2) is 8.30. The zero-order chi connectivity index (χ0) is 22.9. The summed E-state index contributed by atoms with van der Waals surface area (Å²) in [5.74, 6) is 0.931. The lowest BCUT2D eigenvalue weighted by Gasteiger charge is -2.16. The van der Waals surface area contributed by atoms with Crippen LogP contribution < -0.4 is 10.1 Å². The van der Waals surface area contributed by atoms with E-state index >= 15 is 0 Å². The quantitative estimate of drug-likeness (QED) is 0.485. The standard InChI is InChI=1S/C23H22N8O2/c1-30-13-19-20(23(30)32)18(12-15(25-19)11-14-7-4-5-10-24-14)26-17-9-6-8-16(21(17)33-3)22-27-29-31(2)28-22/h4-10,12H,11,13H2,1-3H3,(H,25,26). The van der Waals surface area contributed by atoms with Gasteiger partial charge in [0.25, 0.3) is 5.91 Å². The topological polar surface area (TPSA) is 111 Å². The Balaban J connectivity index is 1.58. The summed E-state index contributed by atoms with van der Waals surface area (Å²) in [4.78, 5) is 25.1. The fourth-order valence-corrected chi connectivity index (χ4v) is 3.94. The number of aryl methyl sites for hydroxylation is 1. The van der Waals surface area contributed by atoms with Crippen LogP contribution in [0.4, 0.5) is 11.4 Å². The molecule has 10 nitrogen and oxygen atoms in total. The van der Waals surface area contributed by atoms with E-state index in [2.05, 4.69) is 25.7 Å². The average Bonchev–Trinajstić information content (AvgIpc) is 3.37. The summed E-state index contributed by atoms with van der Waals surface area (Å²) in [7, 11) is 5.06. The number of carbonyl (C=O) groups is 1. The molecule has 0 aliphatic carbocycles. The van der Waals surface area contributed by atoms with Crippen LogP contribution in [0.1, 0.15) is 27.4 Å². The maximum Gasteiger partial charge on any atom is 0.257 e. The molecular formula is C23H22N8O2. The second-order valence-electron chi connectivity index (χ2n) is 7.76. The van der Waals surface area contributed by atoms with Crippen LogP contribution in [-0.2, 0) is 20.0 Å². The van der Waals surface area contributed by atoms with E-state index in [-0.39, 0.29) is 5.91 Å². The zero-order valence-electron chi connectivity index (χ0n) is 18.5. The van der Waals surface area contributed by atoms with Gasteiger partial charge < -0.3 is 15.0 Å². The minimum Gasteiger partial charge on any atom is -0.494 e. The SMILES string of the molecule is COc1c(Nc2cc(Cc3ccccn3)nc3c2C(=O)N(C)C3)cccc1-c1nnn(C)n1. The van der Waals surface area contributed by atoms with Gasteiger partial charge in [0.05, 0.1) is 48.9 Å². The normalized spacial score (nSPS) is 12.7. The summed E-state index contributed by atoms with van der Waals surface area (Å²) < 4.78 is 5.71. The molecule has 0 spiro atoms. The highest BCUT2D eigenvalue weighted by atomic mass is 16.5. The van der Waals surface area contributed by atoms with Gasteiger partial charge in [0.1, 0.15) is 0 Å². The number of amides is 1. The van der Waals surface area contributed by atoms with Crippen LogP contribution in [0.25, 0.3) is 11.4 Å². The molecular weight excluding hydrogens is 420 g/mol. The Morgan fingerprint density at radius 1 is 1.09 bits per heavy atom. The van der Waals surface area contributed by atoms with Crippen LogP contribution in [-0.4, -0.2) is 55.1 Å². The third-order valence-corrected chi connectivity index (χ3v) is 5.42. The van der Waals surface area contributed by atoms with Crippen molar-refractivity contribution in [3.63, 3.8) is 0 Å². The minimum absolute atomic E-state index is 0.0740. The molecule has 0 unspecified atom stereocenters. The van der Waals surface area contributed by atoms with Gasteiger partial charge >= 0.3 is 0 Å². The number of pyridine rings is 2. The molecule has 0 atom stereocenters. The molecule has 0 bridgehead atoms. The van der Waals surface area contributed by atoms with Crippen LogP contribution in [0.3, 0.4) is 0 Å². The van der Waals surface area contributed by atoms with Gasteiger partial charge in [0.2, 0.25) is 5.82 Å². The number of hydrogen-bond donors (Lipinski definition) is 1. The summed E-state index contributed by atoms with van der Waals surface area (Å²) in [6.45, 7) is 0.458. The number of para-hydroxylation sites is 1. The minimum atomic E-state index is -0.0740. The van der Waals surface area contributed by atoms with Gasteiger partial charge in [-0.15, -0.1) is 10.2 Å². The number of hydrogen-bond acceptors (Lipinski definition) is 8. The summed E-state index contributed by atoms with van der Waals surface area (Å²) in [5.41, 5.74) is 5.07. The van der Waals surface area contributed by atoms with Crippen molar-refractivity contribution in [1.82, 2.24) is 35.1 Å². The number of carbonyl (C=O) groups excluding carboxylic acids is 1. The first-order valence-corrected chi connectivity index (χ1v) is 10.4. The lowest BCUT2D eigenvalue weighted by atomic mass is 10.1. The molecule has 5 rings (SSSR count). The molecule has 0 radical (unpaired) electrons. The number of anilines is 2. The predicted octanol–water partition coefficient (Wildman–Crippen LogP) is 2.60. The predicted molar refractivity (Wildman–Crippen MR) is 121 cm³/mol. The van der Waals surface area contributed by atoms with Gasteiger partial charge in [0.15, 0.2) is 5.75 Å². The molecule has 33 heavy (non-hydrogen) atoms.